The van der Waals surface area contributed by atoms with Gasteiger partial charge in [-0.15, -0.1) is 0 Å². The largest absolute Gasteiger partial charge is 0.361 e. The summed E-state index contributed by atoms with van der Waals surface area (Å²) in [7, 11) is 0. The second-order valence-corrected chi connectivity index (χ2v) is 7.53. The molecule has 25 heavy (non-hydrogen) atoms. The van der Waals surface area contributed by atoms with Crippen molar-refractivity contribution in [2.24, 2.45) is 5.92 Å². The van der Waals surface area contributed by atoms with Crippen molar-refractivity contribution in [2.45, 2.75) is 39.0 Å². The highest BCUT2D eigenvalue weighted by atomic mass is 35.5. The van der Waals surface area contributed by atoms with Gasteiger partial charge in [-0.3, -0.25) is 4.79 Å². The maximum Gasteiger partial charge on any atom is 0.252 e. The number of carbonyl (C=O) groups is 1. The van der Waals surface area contributed by atoms with Crippen LogP contribution in [0.5, 0.6) is 0 Å². The van der Waals surface area contributed by atoms with Crippen LogP contribution < -0.4 is 5.32 Å². The Hall–Kier alpha value is -1.52. The van der Waals surface area contributed by atoms with E-state index in [2.05, 4.69) is 22.1 Å². The fourth-order valence-corrected chi connectivity index (χ4v) is 3.87. The van der Waals surface area contributed by atoms with Gasteiger partial charge < -0.3 is 15.2 Å². The Labute approximate surface area is 154 Å². The van der Waals surface area contributed by atoms with Crippen molar-refractivity contribution in [2.75, 3.05) is 26.2 Å². The fraction of sp³-hybridized carbons (Fsp3) is 0.550. The van der Waals surface area contributed by atoms with Crippen molar-refractivity contribution >= 4 is 28.4 Å². The smallest absolute Gasteiger partial charge is 0.252 e. The van der Waals surface area contributed by atoms with E-state index < -0.39 is 0 Å². The van der Waals surface area contributed by atoms with Gasteiger partial charge in [0.15, 0.2) is 0 Å². The molecule has 0 unspecified atom stereocenters. The molecule has 1 aromatic heterocycles. The number of likely N-dealkylation sites (tertiary alicyclic amines) is 1. The van der Waals surface area contributed by atoms with Gasteiger partial charge in [0.05, 0.1) is 5.56 Å². The minimum Gasteiger partial charge on any atom is -0.361 e. The van der Waals surface area contributed by atoms with Crippen molar-refractivity contribution in [1.29, 1.82) is 0 Å². The average Bonchev–Trinajstić information content (AvgIpc) is 3.08. The van der Waals surface area contributed by atoms with Gasteiger partial charge in [0.25, 0.3) is 5.91 Å². The minimum absolute atomic E-state index is 0.0301. The molecule has 1 fully saturated rings. The second-order valence-electron chi connectivity index (χ2n) is 7.09. The maximum absolute atomic E-state index is 12.6. The number of amides is 1. The summed E-state index contributed by atoms with van der Waals surface area (Å²) in [5.74, 6) is 0.546. The lowest BCUT2D eigenvalue weighted by Crippen LogP contribution is -2.39. The summed E-state index contributed by atoms with van der Waals surface area (Å²) < 4.78 is 0. The van der Waals surface area contributed by atoms with Gasteiger partial charge >= 0.3 is 0 Å². The van der Waals surface area contributed by atoms with Crippen molar-refractivity contribution in [3.63, 3.8) is 0 Å². The third kappa shape index (κ3) is 4.77. The van der Waals surface area contributed by atoms with E-state index in [-0.39, 0.29) is 5.91 Å². The topological polar surface area (TPSA) is 48.1 Å². The molecule has 5 heteroatoms. The number of carbonyl (C=O) groups excluding carboxylic acids is 1. The molecule has 1 aliphatic heterocycles. The zero-order valence-corrected chi connectivity index (χ0v) is 15.7. The standard InChI is InChI=1S/C20H28ClN3O/c1-2-3-4-9-24-10-6-15(7-11-24)14-23-20(25)18-12-16(21)13-19-17(18)5-8-22-19/h5,8,12-13,15,22H,2-4,6-7,9-11,14H2,1H3,(H,23,25). The number of fused-ring (bicyclic) bond motifs is 1. The van der Waals surface area contributed by atoms with E-state index in [4.69, 9.17) is 11.6 Å². The first-order valence-electron chi connectivity index (χ1n) is 9.44. The molecule has 2 heterocycles. The molecule has 3 rings (SSSR count). The molecule has 1 saturated heterocycles. The quantitative estimate of drug-likeness (QED) is 0.715. The zero-order valence-electron chi connectivity index (χ0n) is 15.0. The predicted octanol–water partition coefficient (Wildman–Crippen LogP) is 4.45. The van der Waals surface area contributed by atoms with Gasteiger partial charge in [0.2, 0.25) is 0 Å². The van der Waals surface area contributed by atoms with Gasteiger partial charge in [-0.25, -0.2) is 0 Å². The normalized spacial score (nSPS) is 16.4. The monoisotopic (exact) mass is 361 g/mol. The number of aromatic nitrogens is 1. The molecule has 1 aromatic carbocycles. The van der Waals surface area contributed by atoms with Crippen LogP contribution in [0, 0.1) is 5.92 Å². The first-order chi connectivity index (χ1) is 12.2. The lowest BCUT2D eigenvalue weighted by Gasteiger charge is -2.32. The highest BCUT2D eigenvalue weighted by Crippen LogP contribution is 2.23. The molecule has 4 nitrogen and oxygen atoms in total. The first-order valence-corrected chi connectivity index (χ1v) is 9.82. The highest BCUT2D eigenvalue weighted by Gasteiger charge is 2.20. The average molecular weight is 362 g/mol. The van der Waals surface area contributed by atoms with Crippen LogP contribution in [0.3, 0.4) is 0 Å². The van der Waals surface area contributed by atoms with Crippen LogP contribution in [-0.4, -0.2) is 42.0 Å². The van der Waals surface area contributed by atoms with Crippen LogP contribution in [-0.2, 0) is 0 Å². The van der Waals surface area contributed by atoms with Crippen molar-refractivity contribution in [3.05, 3.63) is 35.0 Å². The molecule has 1 aliphatic rings. The summed E-state index contributed by atoms with van der Waals surface area (Å²) in [5.41, 5.74) is 1.55. The van der Waals surface area contributed by atoms with E-state index in [1.807, 2.05) is 18.3 Å². The number of halogens is 1. The molecule has 0 aliphatic carbocycles. The molecule has 0 atom stereocenters. The third-order valence-electron chi connectivity index (χ3n) is 5.21. The molecular formula is C20H28ClN3O. The number of benzene rings is 1. The van der Waals surface area contributed by atoms with Crippen LogP contribution in [0.15, 0.2) is 24.4 Å². The Balaban J connectivity index is 1.49. The summed E-state index contributed by atoms with van der Waals surface area (Å²) in [4.78, 5) is 18.3. The van der Waals surface area contributed by atoms with Gasteiger partial charge in [-0.1, -0.05) is 31.4 Å². The van der Waals surface area contributed by atoms with Gasteiger partial charge in [0, 0.05) is 28.7 Å². The molecule has 2 aromatic rings. The van der Waals surface area contributed by atoms with Crippen molar-refractivity contribution in [1.82, 2.24) is 15.2 Å². The summed E-state index contributed by atoms with van der Waals surface area (Å²) in [5, 5.41) is 4.62. The molecule has 136 valence electrons. The summed E-state index contributed by atoms with van der Waals surface area (Å²) >= 11 is 6.14. The van der Waals surface area contributed by atoms with Crippen LogP contribution in [0.25, 0.3) is 10.9 Å². The van der Waals surface area contributed by atoms with Crippen LogP contribution in [0.4, 0.5) is 0 Å². The second kappa shape index (κ2) is 8.72. The van der Waals surface area contributed by atoms with Gasteiger partial charge in [-0.05, 0) is 63.0 Å². The van der Waals surface area contributed by atoms with E-state index in [1.54, 1.807) is 6.07 Å². The zero-order chi connectivity index (χ0) is 17.6. The first kappa shape index (κ1) is 18.3. The van der Waals surface area contributed by atoms with E-state index in [1.165, 1.54) is 38.6 Å². The summed E-state index contributed by atoms with van der Waals surface area (Å²) in [6.07, 6.45) is 8.08. The van der Waals surface area contributed by atoms with Crippen LogP contribution >= 0.6 is 11.6 Å². The lowest BCUT2D eigenvalue weighted by molar-refractivity contribution is 0.0937. The number of H-pyrrole nitrogens is 1. The molecule has 0 bridgehead atoms. The molecule has 2 N–H and O–H groups in total. The van der Waals surface area contributed by atoms with Crippen molar-refractivity contribution < 1.29 is 4.79 Å². The molecule has 0 saturated carbocycles. The molecule has 1 amide bonds. The van der Waals surface area contributed by atoms with Crippen molar-refractivity contribution in [3.8, 4) is 0 Å². The van der Waals surface area contributed by atoms with E-state index >= 15 is 0 Å². The van der Waals surface area contributed by atoms with Crippen LogP contribution in [0.1, 0.15) is 49.4 Å². The summed E-state index contributed by atoms with van der Waals surface area (Å²) in [6.45, 7) is 6.53. The number of nitrogens with one attached hydrogen (secondary N) is 2. The third-order valence-corrected chi connectivity index (χ3v) is 5.43. The number of rotatable bonds is 7. The maximum atomic E-state index is 12.6. The SMILES string of the molecule is CCCCCN1CCC(CNC(=O)c2cc(Cl)cc3[nH]ccc23)CC1. The van der Waals surface area contributed by atoms with E-state index in [0.29, 0.717) is 16.5 Å². The van der Waals surface area contributed by atoms with Gasteiger partial charge in [-0.2, -0.15) is 0 Å². The number of unbranched alkanes of at least 4 members (excludes halogenated alkanes) is 2. The molecular weight excluding hydrogens is 334 g/mol. The number of aromatic amines is 1. The van der Waals surface area contributed by atoms with Gasteiger partial charge in [0.1, 0.15) is 0 Å². The molecule has 0 radical (unpaired) electrons. The highest BCUT2D eigenvalue weighted by molar-refractivity contribution is 6.32. The van der Waals surface area contributed by atoms with E-state index in [9.17, 15) is 4.79 Å². The minimum atomic E-state index is -0.0301. The Kier molecular flexibility index (Phi) is 6.38. The number of piperidine rings is 1. The number of hydrogen-bond donors (Lipinski definition) is 2. The lowest BCUT2D eigenvalue weighted by atomic mass is 9.96. The van der Waals surface area contributed by atoms with Crippen LogP contribution in [0.2, 0.25) is 5.02 Å². The molecule has 0 spiro atoms. The Bertz CT molecular complexity index is 704. The Morgan fingerprint density at radius 2 is 2.12 bits per heavy atom. The number of nitrogens with zero attached hydrogens (tertiary/aromatic N) is 1. The predicted molar refractivity (Wildman–Crippen MR) is 104 cm³/mol. The summed E-state index contributed by atoms with van der Waals surface area (Å²) in [6, 6.07) is 5.53. The number of hydrogen-bond acceptors (Lipinski definition) is 2. The Morgan fingerprint density at radius 1 is 1.32 bits per heavy atom. The fourth-order valence-electron chi connectivity index (χ4n) is 3.65. The Morgan fingerprint density at radius 3 is 2.88 bits per heavy atom. The van der Waals surface area contributed by atoms with E-state index in [0.717, 1.165) is 30.5 Å².